The van der Waals surface area contributed by atoms with Crippen molar-refractivity contribution in [3.63, 3.8) is 0 Å². The molecular formula is C23H40N2O4. The highest BCUT2D eigenvalue weighted by molar-refractivity contribution is 5.43. The van der Waals surface area contributed by atoms with E-state index in [1.807, 2.05) is 25.1 Å². The number of likely N-dealkylation sites (tertiary alicyclic amines) is 1. The molecular weight excluding hydrogens is 368 g/mol. The minimum Gasteiger partial charge on any atom is -0.493 e. The zero-order chi connectivity index (χ0) is 20.7. The van der Waals surface area contributed by atoms with E-state index < -0.39 is 6.10 Å². The van der Waals surface area contributed by atoms with Crippen LogP contribution in [0.4, 0.5) is 0 Å². The highest BCUT2D eigenvalue weighted by Gasteiger charge is 2.15. The molecule has 1 fully saturated rings. The third kappa shape index (κ3) is 9.81. The molecule has 1 atom stereocenters. The third-order valence-electron chi connectivity index (χ3n) is 5.25. The molecule has 0 aromatic heterocycles. The molecule has 29 heavy (non-hydrogen) atoms. The van der Waals surface area contributed by atoms with Crippen molar-refractivity contribution in [2.45, 2.75) is 58.1 Å². The first-order valence-electron chi connectivity index (χ1n) is 11.2. The van der Waals surface area contributed by atoms with E-state index in [-0.39, 0.29) is 6.61 Å². The van der Waals surface area contributed by atoms with Crippen LogP contribution in [0.15, 0.2) is 18.2 Å². The fourth-order valence-electron chi connectivity index (χ4n) is 3.65. The van der Waals surface area contributed by atoms with Crippen LogP contribution >= 0.6 is 0 Å². The highest BCUT2D eigenvalue weighted by atomic mass is 16.5. The van der Waals surface area contributed by atoms with E-state index >= 15 is 0 Å². The zero-order valence-corrected chi connectivity index (χ0v) is 18.3. The fraction of sp³-hybridized carbons (Fsp3) is 0.739. The standard InChI is InChI=1S/C23H40N2O4/c1-3-28-15-9-12-24-17-20-10-11-22(23(16-20)27-2)29-19-21(26)18-25-13-7-5-4-6-8-14-25/h10-11,16,21,24,26H,3-9,12-15,17-19H2,1-2H3. The van der Waals surface area contributed by atoms with Crippen molar-refractivity contribution >= 4 is 0 Å². The Bertz CT molecular complexity index is 548. The molecule has 0 aliphatic carbocycles. The maximum atomic E-state index is 10.4. The van der Waals surface area contributed by atoms with Crippen molar-refractivity contribution in [1.82, 2.24) is 10.2 Å². The smallest absolute Gasteiger partial charge is 0.161 e. The molecule has 1 heterocycles. The normalized spacial score (nSPS) is 16.8. The highest BCUT2D eigenvalue weighted by Crippen LogP contribution is 2.28. The minimum atomic E-state index is -0.495. The van der Waals surface area contributed by atoms with E-state index in [1.165, 1.54) is 32.1 Å². The second kappa shape index (κ2) is 14.6. The van der Waals surface area contributed by atoms with E-state index in [1.54, 1.807) is 7.11 Å². The number of ether oxygens (including phenoxy) is 3. The van der Waals surface area contributed by atoms with Crippen LogP contribution in [0, 0.1) is 0 Å². The average molecular weight is 409 g/mol. The monoisotopic (exact) mass is 408 g/mol. The summed E-state index contributed by atoms with van der Waals surface area (Å²) in [5, 5.41) is 13.8. The quantitative estimate of drug-likeness (QED) is 0.489. The SMILES string of the molecule is CCOCCCNCc1ccc(OCC(O)CN2CCCCCCC2)c(OC)c1. The Morgan fingerprint density at radius 1 is 1.10 bits per heavy atom. The molecule has 1 aromatic rings. The number of hydrogen-bond acceptors (Lipinski definition) is 6. The Balaban J connectivity index is 1.74. The van der Waals surface area contributed by atoms with Gasteiger partial charge >= 0.3 is 0 Å². The largest absolute Gasteiger partial charge is 0.493 e. The van der Waals surface area contributed by atoms with Crippen LogP contribution in [0.2, 0.25) is 0 Å². The van der Waals surface area contributed by atoms with Gasteiger partial charge in [-0.2, -0.15) is 0 Å². The van der Waals surface area contributed by atoms with Crippen molar-refractivity contribution in [2.24, 2.45) is 0 Å². The summed E-state index contributed by atoms with van der Waals surface area (Å²) in [4.78, 5) is 2.37. The Kier molecular flexibility index (Phi) is 12.1. The lowest BCUT2D eigenvalue weighted by molar-refractivity contribution is 0.0645. The molecule has 6 heteroatoms. The Morgan fingerprint density at radius 3 is 2.59 bits per heavy atom. The predicted molar refractivity (Wildman–Crippen MR) is 117 cm³/mol. The first-order valence-corrected chi connectivity index (χ1v) is 11.2. The van der Waals surface area contributed by atoms with Gasteiger partial charge in [-0.1, -0.05) is 25.3 Å². The molecule has 1 saturated heterocycles. The van der Waals surface area contributed by atoms with Crippen LogP contribution in [0.5, 0.6) is 11.5 Å². The van der Waals surface area contributed by atoms with E-state index in [0.29, 0.717) is 18.0 Å². The van der Waals surface area contributed by atoms with Gasteiger partial charge < -0.3 is 29.5 Å². The third-order valence-corrected chi connectivity index (χ3v) is 5.25. The summed E-state index contributed by atoms with van der Waals surface area (Å²) in [5.41, 5.74) is 1.15. The zero-order valence-electron chi connectivity index (χ0n) is 18.3. The molecule has 1 unspecified atom stereocenters. The molecule has 1 aliphatic rings. The molecule has 0 radical (unpaired) electrons. The summed E-state index contributed by atoms with van der Waals surface area (Å²) in [7, 11) is 1.65. The van der Waals surface area contributed by atoms with E-state index in [4.69, 9.17) is 14.2 Å². The molecule has 2 N–H and O–H groups in total. The lowest BCUT2D eigenvalue weighted by Crippen LogP contribution is -2.37. The average Bonchev–Trinajstić information content (AvgIpc) is 2.71. The van der Waals surface area contributed by atoms with E-state index in [9.17, 15) is 5.11 Å². The molecule has 1 aliphatic heterocycles. The minimum absolute atomic E-state index is 0.280. The van der Waals surface area contributed by atoms with E-state index in [0.717, 1.165) is 51.4 Å². The number of hydrogen-bond donors (Lipinski definition) is 2. The topological polar surface area (TPSA) is 63.2 Å². The predicted octanol–water partition coefficient (Wildman–Crippen LogP) is 3.22. The first-order chi connectivity index (χ1) is 14.2. The fourth-order valence-corrected chi connectivity index (χ4v) is 3.65. The number of methoxy groups -OCH3 is 1. The summed E-state index contributed by atoms with van der Waals surface area (Å²) >= 11 is 0. The number of aliphatic hydroxyl groups is 1. The molecule has 0 amide bonds. The van der Waals surface area contributed by atoms with Crippen LogP contribution in [-0.4, -0.2) is 69.2 Å². The summed E-state index contributed by atoms with van der Waals surface area (Å²) < 4.78 is 16.7. The van der Waals surface area contributed by atoms with Gasteiger partial charge in [0.2, 0.25) is 0 Å². The van der Waals surface area contributed by atoms with Crippen LogP contribution in [0.3, 0.4) is 0 Å². The number of benzene rings is 1. The number of aliphatic hydroxyl groups excluding tert-OH is 1. The molecule has 166 valence electrons. The van der Waals surface area contributed by atoms with Gasteiger partial charge in [-0.25, -0.2) is 0 Å². The van der Waals surface area contributed by atoms with Gasteiger partial charge in [0.1, 0.15) is 12.7 Å². The van der Waals surface area contributed by atoms with Crippen LogP contribution in [-0.2, 0) is 11.3 Å². The maximum absolute atomic E-state index is 10.4. The lowest BCUT2D eigenvalue weighted by Gasteiger charge is -2.26. The van der Waals surface area contributed by atoms with Gasteiger partial charge in [0.05, 0.1) is 7.11 Å². The molecule has 2 rings (SSSR count). The number of β-amino-alcohol motifs (C(OH)–C–C–N with tert-alkyl or cyclic N) is 1. The summed E-state index contributed by atoms with van der Waals surface area (Å²) in [6, 6.07) is 5.96. The van der Waals surface area contributed by atoms with Gasteiger partial charge in [0, 0.05) is 26.3 Å². The van der Waals surface area contributed by atoms with Crippen LogP contribution in [0.1, 0.15) is 51.0 Å². The first kappa shape index (κ1) is 23.9. The number of nitrogens with zero attached hydrogens (tertiary/aromatic N) is 1. The van der Waals surface area contributed by atoms with Crippen molar-refractivity contribution in [3.05, 3.63) is 23.8 Å². The molecule has 1 aromatic carbocycles. The summed E-state index contributed by atoms with van der Waals surface area (Å²) in [6.07, 6.45) is 6.90. The second-order valence-electron chi connectivity index (χ2n) is 7.75. The van der Waals surface area contributed by atoms with Gasteiger partial charge in [-0.05, 0) is 63.5 Å². The van der Waals surface area contributed by atoms with Gasteiger partial charge in [-0.3, -0.25) is 0 Å². The number of nitrogens with one attached hydrogen (secondary N) is 1. The molecule has 0 bridgehead atoms. The molecule has 6 nitrogen and oxygen atoms in total. The van der Waals surface area contributed by atoms with Crippen molar-refractivity contribution in [1.29, 1.82) is 0 Å². The number of rotatable bonds is 13. The van der Waals surface area contributed by atoms with Crippen molar-refractivity contribution < 1.29 is 19.3 Å². The molecule has 0 saturated carbocycles. The Morgan fingerprint density at radius 2 is 1.86 bits per heavy atom. The van der Waals surface area contributed by atoms with Gasteiger partial charge in [-0.15, -0.1) is 0 Å². The van der Waals surface area contributed by atoms with Crippen LogP contribution < -0.4 is 14.8 Å². The molecule has 0 spiro atoms. The van der Waals surface area contributed by atoms with Gasteiger partial charge in [0.25, 0.3) is 0 Å². The van der Waals surface area contributed by atoms with Crippen molar-refractivity contribution in [3.8, 4) is 11.5 Å². The summed E-state index contributed by atoms with van der Waals surface area (Å²) in [6.45, 7) is 8.38. The van der Waals surface area contributed by atoms with Crippen molar-refractivity contribution in [2.75, 3.05) is 53.1 Å². The Hall–Kier alpha value is -1.34. The van der Waals surface area contributed by atoms with E-state index in [2.05, 4.69) is 10.2 Å². The second-order valence-corrected chi connectivity index (χ2v) is 7.75. The summed E-state index contributed by atoms with van der Waals surface area (Å²) in [5.74, 6) is 1.39. The van der Waals surface area contributed by atoms with Gasteiger partial charge in [0.15, 0.2) is 11.5 Å². The maximum Gasteiger partial charge on any atom is 0.161 e. The van der Waals surface area contributed by atoms with Crippen LogP contribution in [0.25, 0.3) is 0 Å². The lowest BCUT2D eigenvalue weighted by atomic mass is 10.1. The Labute approximate surface area is 176 Å².